The third kappa shape index (κ3) is 2.65. The number of carbonyl (C=O) groups excluding carboxylic acids is 2. The van der Waals surface area contributed by atoms with Gasteiger partial charge in [0.25, 0.3) is 5.91 Å². The summed E-state index contributed by atoms with van der Waals surface area (Å²) in [7, 11) is 0. The van der Waals surface area contributed by atoms with Crippen molar-refractivity contribution in [2.45, 2.75) is 44.2 Å². The number of benzene rings is 1. The first-order valence-corrected chi connectivity index (χ1v) is 8.67. The van der Waals surface area contributed by atoms with E-state index in [1.54, 1.807) is 23.7 Å². The summed E-state index contributed by atoms with van der Waals surface area (Å²) in [4.78, 5) is 23.8. The topological polar surface area (TPSA) is 90.5 Å². The number of carbonyl (C=O) groups is 2. The highest BCUT2D eigenvalue weighted by atomic mass is 16.5. The van der Waals surface area contributed by atoms with E-state index in [-0.39, 0.29) is 11.6 Å². The Morgan fingerprint density at radius 2 is 1.92 bits per heavy atom. The lowest BCUT2D eigenvalue weighted by molar-refractivity contribution is 0.0706. The van der Waals surface area contributed by atoms with Crippen LogP contribution in [0.5, 0.6) is 0 Å². The minimum Gasteiger partial charge on any atom is -0.334 e. The molecule has 4 aliphatic rings. The standard InChI is InChI=1S/C18H23N3O3/c22-16(21-24)14-3-1-2-11(5-14)10-19-17(23)20-18-8-12-4-13(9-18)7-15(18)6-12/h1-3,5,12-13,15,24H,4,6-10H2,(H,21,22)(H2,19,20,23). The molecule has 0 saturated heterocycles. The largest absolute Gasteiger partial charge is 0.334 e. The molecule has 4 aliphatic carbocycles. The Morgan fingerprint density at radius 3 is 2.62 bits per heavy atom. The number of hydrogen-bond acceptors (Lipinski definition) is 3. The second kappa shape index (κ2) is 5.77. The maximum Gasteiger partial charge on any atom is 0.315 e. The molecular weight excluding hydrogens is 306 g/mol. The molecule has 4 bridgehead atoms. The van der Waals surface area contributed by atoms with Crippen LogP contribution in [0.25, 0.3) is 0 Å². The number of urea groups is 1. The summed E-state index contributed by atoms with van der Waals surface area (Å²) in [6, 6.07) is 6.72. The monoisotopic (exact) mass is 329 g/mol. The SMILES string of the molecule is O=C(NCc1cccc(C(=O)NO)c1)NC12CC3CC(CC1C3)C2. The van der Waals surface area contributed by atoms with E-state index < -0.39 is 5.91 Å². The van der Waals surface area contributed by atoms with Crippen LogP contribution in [-0.4, -0.2) is 22.7 Å². The zero-order valence-corrected chi connectivity index (χ0v) is 13.5. The van der Waals surface area contributed by atoms with Crippen molar-refractivity contribution in [3.63, 3.8) is 0 Å². The van der Waals surface area contributed by atoms with E-state index in [9.17, 15) is 9.59 Å². The minimum atomic E-state index is -0.556. The van der Waals surface area contributed by atoms with Gasteiger partial charge in [-0.2, -0.15) is 0 Å². The molecule has 0 heterocycles. The Bertz CT molecular complexity index is 661. The van der Waals surface area contributed by atoms with Gasteiger partial charge in [-0.25, -0.2) is 10.3 Å². The Hall–Kier alpha value is -2.08. The van der Waals surface area contributed by atoms with Crippen LogP contribution in [0.2, 0.25) is 0 Å². The van der Waals surface area contributed by atoms with Crippen molar-refractivity contribution >= 4 is 11.9 Å². The van der Waals surface area contributed by atoms with E-state index >= 15 is 0 Å². The molecule has 4 saturated carbocycles. The molecule has 128 valence electrons. The molecule has 2 unspecified atom stereocenters. The van der Waals surface area contributed by atoms with E-state index in [0.29, 0.717) is 18.0 Å². The van der Waals surface area contributed by atoms with Gasteiger partial charge in [-0.15, -0.1) is 0 Å². The molecule has 0 radical (unpaired) electrons. The van der Waals surface area contributed by atoms with Crippen LogP contribution in [-0.2, 0) is 6.54 Å². The Balaban J connectivity index is 1.35. The van der Waals surface area contributed by atoms with E-state index in [0.717, 1.165) is 30.2 Å². The molecule has 6 nitrogen and oxygen atoms in total. The Labute approximate surface area is 141 Å². The summed E-state index contributed by atoms with van der Waals surface area (Å²) in [6.45, 7) is 0.353. The highest BCUT2D eigenvalue weighted by Gasteiger charge is 2.58. The first kappa shape index (κ1) is 15.4. The zero-order valence-electron chi connectivity index (χ0n) is 13.5. The zero-order chi connectivity index (χ0) is 16.7. The number of rotatable bonds is 4. The van der Waals surface area contributed by atoms with Gasteiger partial charge >= 0.3 is 6.03 Å². The van der Waals surface area contributed by atoms with Crippen molar-refractivity contribution in [3.05, 3.63) is 35.4 Å². The quantitative estimate of drug-likeness (QED) is 0.504. The molecule has 4 fully saturated rings. The fourth-order valence-corrected chi connectivity index (χ4v) is 5.34. The van der Waals surface area contributed by atoms with Crippen molar-refractivity contribution in [2.24, 2.45) is 17.8 Å². The minimum absolute atomic E-state index is 0.0241. The molecule has 0 spiro atoms. The predicted octanol–water partition coefficient (Wildman–Crippen LogP) is 2.18. The van der Waals surface area contributed by atoms with Crippen LogP contribution in [0.15, 0.2) is 24.3 Å². The number of amides is 3. The predicted molar refractivity (Wildman–Crippen MR) is 87.4 cm³/mol. The normalized spacial score (nSPS) is 32.6. The molecule has 2 atom stereocenters. The van der Waals surface area contributed by atoms with Crippen molar-refractivity contribution in [2.75, 3.05) is 0 Å². The molecule has 1 aromatic rings. The lowest BCUT2D eigenvalue weighted by atomic mass is 9.80. The van der Waals surface area contributed by atoms with E-state index in [4.69, 9.17) is 5.21 Å². The Kier molecular flexibility index (Phi) is 3.72. The second-order valence-electron chi connectivity index (χ2n) is 7.65. The van der Waals surface area contributed by atoms with E-state index in [1.807, 2.05) is 6.07 Å². The van der Waals surface area contributed by atoms with Crippen molar-refractivity contribution in [1.82, 2.24) is 16.1 Å². The summed E-state index contributed by atoms with van der Waals surface area (Å²) in [5, 5.41) is 14.9. The van der Waals surface area contributed by atoms with E-state index in [1.165, 1.54) is 19.3 Å². The van der Waals surface area contributed by atoms with Crippen molar-refractivity contribution in [1.29, 1.82) is 0 Å². The molecular formula is C18H23N3O3. The molecule has 6 heteroatoms. The van der Waals surface area contributed by atoms with Gasteiger partial charge in [-0.3, -0.25) is 10.0 Å². The van der Waals surface area contributed by atoms with Gasteiger partial charge in [0.1, 0.15) is 0 Å². The van der Waals surface area contributed by atoms with Gasteiger partial charge in [-0.1, -0.05) is 12.1 Å². The van der Waals surface area contributed by atoms with Crippen molar-refractivity contribution in [3.8, 4) is 0 Å². The van der Waals surface area contributed by atoms with Gasteiger partial charge in [0, 0.05) is 17.6 Å². The van der Waals surface area contributed by atoms with Crippen LogP contribution in [0.3, 0.4) is 0 Å². The molecule has 4 N–H and O–H groups in total. The number of hydroxylamine groups is 1. The van der Waals surface area contributed by atoms with Gasteiger partial charge in [0.2, 0.25) is 0 Å². The van der Waals surface area contributed by atoms with Gasteiger partial charge in [0.15, 0.2) is 0 Å². The highest BCUT2D eigenvalue weighted by molar-refractivity contribution is 5.93. The molecule has 0 aromatic heterocycles. The fraction of sp³-hybridized carbons (Fsp3) is 0.556. The average molecular weight is 329 g/mol. The first-order valence-electron chi connectivity index (χ1n) is 8.67. The first-order chi connectivity index (χ1) is 11.6. The maximum atomic E-state index is 12.4. The summed E-state index contributed by atoms with van der Waals surface area (Å²) < 4.78 is 0. The maximum absolute atomic E-state index is 12.4. The van der Waals surface area contributed by atoms with Gasteiger partial charge in [0.05, 0.1) is 0 Å². The molecule has 5 rings (SSSR count). The van der Waals surface area contributed by atoms with Crippen molar-refractivity contribution < 1.29 is 14.8 Å². The van der Waals surface area contributed by atoms with Gasteiger partial charge in [-0.05, 0) is 67.6 Å². The highest BCUT2D eigenvalue weighted by Crippen LogP contribution is 2.60. The van der Waals surface area contributed by atoms with Crippen LogP contribution < -0.4 is 16.1 Å². The lowest BCUT2D eigenvalue weighted by Gasteiger charge is -2.33. The third-order valence-corrected chi connectivity index (χ3v) is 6.10. The number of hydrogen-bond donors (Lipinski definition) is 4. The smallest absolute Gasteiger partial charge is 0.315 e. The lowest BCUT2D eigenvalue weighted by Crippen LogP contribution is -2.52. The Morgan fingerprint density at radius 1 is 1.17 bits per heavy atom. The molecule has 24 heavy (non-hydrogen) atoms. The summed E-state index contributed by atoms with van der Waals surface area (Å²) in [5.74, 6) is 1.70. The molecule has 1 aromatic carbocycles. The summed E-state index contributed by atoms with van der Waals surface area (Å²) in [6.07, 6.45) is 6.16. The molecule has 3 amide bonds. The second-order valence-corrected chi connectivity index (χ2v) is 7.65. The summed E-state index contributed by atoms with van der Waals surface area (Å²) in [5.41, 5.74) is 2.82. The third-order valence-electron chi connectivity index (χ3n) is 6.10. The van der Waals surface area contributed by atoms with Crippen LogP contribution in [0, 0.1) is 17.8 Å². The summed E-state index contributed by atoms with van der Waals surface area (Å²) >= 11 is 0. The van der Waals surface area contributed by atoms with Crippen LogP contribution in [0.4, 0.5) is 4.79 Å². The average Bonchev–Trinajstić information content (AvgIpc) is 2.96. The van der Waals surface area contributed by atoms with Gasteiger partial charge < -0.3 is 10.6 Å². The van der Waals surface area contributed by atoms with Crippen LogP contribution in [0.1, 0.15) is 48.0 Å². The van der Waals surface area contributed by atoms with Crippen LogP contribution >= 0.6 is 0 Å². The number of nitrogens with one attached hydrogen (secondary N) is 3. The molecule has 0 aliphatic heterocycles. The fourth-order valence-electron chi connectivity index (χ4n) is 5.34. The van der Waals surface area contributed by atoms with E-state index in [2.05, 4.69) is 10.6 Å².